The van der Waals surface area contributed by atoms with E-state index >= 15 is 0 Å². The highest BCUT2D eigenvalue weighted by Crippen LogP contribution is 2.35. The maximum atomic E-state index is 12.1. The first kappa shape index (κ1) is 12.3. The van der Waals surface area contributed by atoms with Crippen molar-refractivity contribution in [2.45, 2.75) is 32.7 Å². The zero-order valence-corrected chi connectivity index (χ0v) is 10.4. The van der Waals surface area contributed by atoms with Crippen molar-refractivity contribution in [3.05, 3.63) is 12.2 Å². The molecule has 0 bridgehead atoms. The molecule has 1 heterocycles. The fourth-order valence-corrected chi connectivity index (χ4v) is 2.47. The molecule has 0 aromatic carbocycles. The predicted octanol–water partition coefficient (Wildman–Crippen LogP) is 0.921. The number of nitrogens with zero attached hydrogens (tertiary/aromatic N) is 1. The van der Waals surface area contributed by atoms with Crippen LogP contribution in [0.3, 0.4) is 0 Å². The van der Waals surface area contributed by atoms with E-state index in [0.717, 1.165) is 0 Å². The van der Waals surface area contributed by atoms with Crippen LogP contribution >= 0.6 is 0 Å². The number of fused-ring (bicyclic) bond motifs is 1. The maximum Gasteiger partial charge on any atom is 0.233 e. The fourth-order valence-electron chi connectivity index (χ4n) is 2.47. The highest BCUT2D eigenvalue weighted by atomic mass is 16.2. The Morgan fingerprint density at radius 3 is 2.12 bits per heavy atom. The number of carbonyl (C=O) groups is 2. The van der Waals surface area contributed by atoms with Crippen LogP contribution in [0.15, 0.2) is 12.2 Å². The molecular weight excluding hydrogens is 216 g/mol. The molecule has 4 nitrogen and oxygen atoms in total. The molecule has 2 N–H and O–H groups in total. The van der Waals surface area contributed by atoms with E-state index in [2.05, 4.69) is 0 Å². The molecule has 1 fully saturated rings. The molecule has 1 aliphatic heterocycles. The third-order valence-corrected chi connectivity index (χ3v) is 3.85. The summed E-state index contributed by atoms with van der Waals surface area (Å²) in [4.78, 5) is 25.6. The smallest absolute Gasteiger partial charge is 0.233 e. The summed E-state index contributed by atoms with van der Waals surface area (Å²) in [6.45, 7) is 4.37. The van der Waals surface area contributed by atoms with Crippen LogP contribution in [0.25, 0.3) is 0 Å². The average molecular weight is 236 g/mol. The van der Waals surface area contributed by atoms with Crippen molar-refractivity contribution in [2.75, 3.05) is 6.54 Å². The molecule has 1 aliphatic carbocycles. The molecule has 0 aromatic heterocycles. The van der Waals surface area contributed by atoms with Gasteiger partial charge in [-0.2, -0.15) is 0 Å². The Morgan fingerprint density at radius 2 is 1.71 bits per heavy atom. The van der Waals surface area contributed by atoms with Gasteiger partial charge in [0, 0.05) is 12.6 Å². The molecule has 17 heavy (non-hydrogen) atoms. The number of likely N-dealkylation sites (tertiary alicyclic amines) is 1. The van der Waals surface area contributed by atoms with Gasteiger partial charge < -0.3 is 5.73 Å². The number of allylic oxidation sites excluding steroid dienone is 2. The first-order valence-corrected chi connectivity index (χ1v) is 6.28. The minimum atomic E-state index is -0.133. The molecule has 2 amide bonds. The monoisotopic (exact) mass is 236 g/mol. The lowest BCUT2D eigenvalue weighted by Gasteiger charge is -2.22. The summed E-state index contributed by atoms with van der Waals surface area (Å²) in [7, 11) is 0. The summed E-state index contributed by atoms with van der Waals surface area (Å²) in [6.07, 6.45) is 5.39. The molecule has 94 valence electrons. The van der Waals surface area contributed by atoms with E-state index < -0.39 is 0 Å². The summed E-state index contributed by atoms with van der Waals surface area (Å²) < 4.78 is 0. The van der Waals surface area contributed by atoms with E-state index in [0.29, 0.717) is 19.4 Å². The van der Waals surface area contributed by atoms with Crippen molar-refractivity contribution in [2.24, 2.45) is 23.5 Å². The van der Waals surface area contributed by atoms with E-state index in [4.69, 9.17) is 5.73 Å². The van der Waals surface area contributed by atoms with Gasteiger partial charge >= 0.3 is 0 Å². The second-order valence-electron chi connectivity index (χ2n) is 5.35. The Hall–Kier alpha value is -1.16. The lowest BCUT2D eigenvalue weighted by molar-refractivity contribution is -0.140. The Balaban J connectivity index is 2.10. The molecule has 2 aliphatic rings. The van der Waals surface area contributed by atoms with E-state index in [1.807, 2.05) is 26.0 Å². The van der Waals surface area contributed by atoms with Crippen LogP contribution in [0.1, 0.15) is 26.7 Å². The van der Waals surface area contributed by atoms with Gasteiger partial charge in [0.2, 0.25) is 11.8 Å². The summed E-state index contributed by atoms with van der Waals surface area (Å²) in [5.41, 5.74) is 5.95. The molecule has 3 atom stereocenters. The predicted molar refractivity (Wildman–Crippen MR) is 64.9 cm³/mol. The van der Waals surface area contributed by atoms with Gasteiger partial charge in [-0.05, 0) is 18.8 Å². The topological polar surface area (TPSA) is 63.4 Å². The lowest BCUT2D eigenvalue weighted by Crippen LogP contribution is -2.43. The fraction of sp³-hybridized carbons (Fsp3) is 0.692. The van der Waals surface area contributed by atoms with Crippen LogP contribution < -0.4 is 5.73 Å². The summed E-state index contributed by atoms with van der Waals surface area (Å²) in [6, 6.07) is -0.129. The van der Waals surface area contributed by atoms with Gasteiger partial charge in [-0.3, -0.25) is 14.5 Å². The number of carbonyl (C=O) groups excluding carboxylic acids is 2. The van der Waals surface area contributed by atoms with Crippen molar-refractivity contribution in [3.8, 4) is 0 Å². The molecule has 0 saturated carbocycles. The standard InChI is InChI=1S/C13H20N2O2/c1-8(2)11(14)7-15-12(16)9-5-3-4-6-10(9)13(15)17/h3-4,8-11H,5-7,14H2,1-2H3. The Labute approximate surface area is 102 Å². The van der Waals surface area contributed by atoms with Crippen LogP contribution in [0, 0.1) is 17.8 Å². The van der Waals surface area contributed by atoms with Gasteiger partial charge in [0.1, 0.15) is 0 Å². The lowest BCUT2D eigenvalue weighted by atomic mass is 9.85. The van der Waals surface area contributed by atoms with E-state index in [9.17, 15) is 9.59 Å². The van der Waals surface area contributed by atoms with Gasteiger partial charge in [-0.15, -0.1) is 0 Å². The third-order valence-electron chi connectivity index (χ3n) is 3.85. The highest BCUT2D eigenvalue weighted by Gasteiger charge is 2.47. The summed E-state index contributed by atoms with van der Waals surface area (Å²) in [5.74, 6) is -0.0454. The SMILES string of the molecule is CC(C)C(N)CN1C(=O)C2CC=CCC2C1=O. The average Bonchev–Trinajstić information content (AvgIpc) is 2.55. The molecule has 1 saturated heterocycles. The summed E-state index contributed by atoms with van der Waals surface area (Å²) >= 11 is 0. The van der Waals surface area contributed by atoms with Crippen LogP contribution in [-0.2, 0) is 9.59 Å². The van der Waals surface area contributed by atoms with Crippen molar-refractivity contribution >= 4 is 11.8 Å². The number of imide groups is 1. The van der Waals surface area contributed by atoms with Crippen molar-refractivity contribution in [1.29, 1.82) is 0 Å². The van der Waals surface area contributed by atoms with Crippen molar-refractivity contribution < 1.29 is 9.59 Å². The van der Waals surface area contributed by atoms with Crippen molar-refractivity contribution in [3.63, 3.8) is 0 Å². The van der Waals surface area contributed by atoms with Gasteiger partial charge in [0.25, 0.3) is 0 Å². The van der Waals surface area contributed by atoms with Gasteiger partial charge in [0.05, 0.1) is 11.8 Å². The molecule has 4 heteroatoms. The van der Waals surface area contributed by atoms with Crippen molar-refractivity contribution in [1.82, 2.24) is 4.90 Å². The molecule has 0 aromatic rings. The highest BCUT2D eigenvalue weighted by molar-refractivity contribution is 6.05. The minimum Gasteiger partial charge on any atom is -0.326 e. The summed E-state index contributed by atoms with van der Waals surface area (Å²) in [5, 5.41) is 0. The van der Waals surface area contributed by atoms with E-state index in [1.54, 1.807) is 0 Å². The number of amides is 2. The normalized spacial score (nSPS) is 30.0. The van der Waals surface area contributed by atoms with Crippen LogP contribution in [0.4, 0.5) is 0 Å². The molecule has 3 unspecified atom stereocenters. The minimum absolute atomic E-state index is 0.0274. The van der Waals surface area contributed by atoms with Crippen LogP contribution in [0.2, 0.25) is 0 Å². The first-order valence-electron chi connectivity index (χ1n) is 6.28. The largest absolute Gasteiger partial charge is 0.326 e. The Bertz CT molecular complexity index is 336. The molecule has 2 rings (SSSR count). The number of hydrogen-bond donors (Lipinski definition) is 1. The van der Waals surface area contributed by atoms with E-state index in [1.165, 1.54) is 4.90 Å². The van der Waals surface area contributed by atoms with Gasteiger partial charge in [-0.25, -0.2) is 0 Å². The second-order valence-corrected chi connectivity index (χ2v) is 5.35. The zero-order valence-electron chi connectivity index (χ0n) is 10.4. The Kier molecular flexibility index (Phi) is 3.33. The van der Waals surface area contributed by atoms with Gasteiger partial charge in [-0.1, -0.05) is 26.0 Å². The number of hydrogen-bond acceptors (Lipinski definition) is 3. The molecular formula is C13H20N2O2. The van der Waals surface area contributed by atoms with E-state index in [-0.39, 0.29) is 35.6 Å². The quantitative estimate of drug-likeness (QED) is 0.585. The maximum absolute atomic E-state index is 12.1. The number of nitrogens with two attached hydrogens (primary N) is 1. The van der Waals surface area contributed by atoms with Crippen LogP contribution in [0.5, 0.6) is 0 Å². The third kappa shape index (κ3) is 2.14. The van der Waals surface area contributed by atoms with Gasteiger partial charge in [0.15, 0.2) is 0 Å². The molecule has 0 spiro atoms. The zero-order chi connectivity index (χ0) is 12.6. The first-order chi connectivity index (χ1) is 8.02. The molecule has 0 radical (unpaired) electrons. The van der Waals surface area contributed by atoms with Crippen LogP contribution in [-0.4, -0.2) is 29.3 Å². The second kappa shape index (κ2) is 4.61. The Morgan fingerprint density at radius 1 is 1.24 bits per heavy atom. The number of rotatable bonds is 3.